The number of carboxylic acids is 1. The second kappa shape index (κ2) is 8.31. The van der Waals surface area contributed by atoms with Crippen LogP contribution in [0.25, 0.3) is 0 Å². The van der Waals surface area contributed by atoms with Crippen molar-refractivity contribution in [3.05, 3.63) is 42.0 Å². The van der Waals surface area contributed by atoms with E-state index in [4.69, 9.17) is 24.1 Å². The van der Waals surface area contributed by atoms with Gasteiger partial charge in [0.25, 0.3) is 5.91 Å². The number of fused-ring (bicyclic) bond motifs is 1. The Morgan fingerprint density at radius 1 is 1.04 bits per heavy atom. The van der Waals surface area contributed by atoms with E-state index in [9.17, 15) is 9.59 Å². The van der Waals surface area contributed by atoms with E-state index in [-0.39, 0.29) is 11.7 Å². The lowest BCUT2D eigenvalue weighted by Gasteiger charge is -2.19. The highest BCUT2D eigenvalue weighted by atomic mass is 16.6. The summed E-state index contributed by atoms with van der Waals surface area (Å²) in [6.07, 6.45) is 0. The average molecular weight is 373 g/mol. The van der Waals surface area contributed by atoms with Gasteiger partial charge in [-0.3, -0.25) is 4.79 Å². The van der Waals surface area contributed by atoms with E-state index >= 15 is 0 Å². The zero-order chi connectivity index (χ0) is 19.2. The van der Waals surface area contributed by atoms with E-state index < -0.39 is 12.6 Å². The quantitative estimate of drug-likeness (QED) is 0.769. The molecule has 0 spiro atoms. The summed E-state index contributed by atoms with van der Waals surface area (Å²) >= 11 is 0. The standard InChI is InChI=1S/C19H19NO7/c1-2-24-16-9-12(3-5-15(16)27-11-18(21)22)19(23)20-13-4-6-14-17(10-13)26-8-7-25-14/h3-6,9-10H,2,7-8,11H2,1H3,(H,20,23)(H,21,22). The maximum absolute atomic E-state index is 12.5. The molecule has 0 saturated carbocycles. The number of carbonyl (C=O) groups is 2. The van der Waals surface area contributed by atoms with Crippen LogP contribution in [0.15, 0.2) is 36.4 Å². The predicted octanol–water partition coefficient (Wildman–Crippen LogP) is 2.57. The van der Waals surface area contributed by atoms with Gasteiger partial charge in [-0.1, -0.05) is 0 Å². The van der Waals surface area contributed by atoms with E-state index in [0.717, 1.165) is 0 Å². The molecule has 2 aromatic rings. The normalized spacial score (nSPS) is 12.2. The van der Waals surface area contributed by atoms with Crippen LogP contribution in [0.4, 0.5) is 5.69 Å². The summed E-state index contributed by atoms with van der Waals surface area (Å²) in [4.78, 5) is 23.2. The molecule has 0 radical (unpaired) electrons. The molecule has 1 aliphatic heterocycles. The van der Waals surface area contributed by atoms with E-state index in [1.165, 1.54) is 18.2 Å². The topological polar surface area (TPSA) is 103 Å². The molecule has 0 fully saturated rings. The van der Waals surface area contributed by atoms with Crippen LogP contribution < -0.4 is 24.3 Å². The van der Waals surface area contributed by atoms with Crippen molar-refractivity contribution < 1.29 is 33.6 Å². The Labute approximate surface area is 155 Å². The molecular weight excluding hydrogens is 354 g/mol. The summed E-state index contributed by atoms with van der Waals surface area (Å²) in [6.45, 7) is 2.58. The van der Waals surface area contributed by atoms with Crippen LogP contribution in [-0.4, -0.2) is 43.4 Å². The van der Waals surface area contributed by atoms with Gasteiger partial charge in [0.2, 0.25) is 0 Å². The fourth-order valence-electron chi connectivity index (χ4n) is 2.50. The van der Waals surface area contributed by atoms with Crippen molar-refractivity contribution in [1.82, 2.24) is 0 Å². The first-order chi connectivity index (χ1) is 13.1. The number of benzene rings is 2. The summed E-state index contributed by atoms with van der Waals surface area (Å²) in [5.74, 6) is 0.322. The number of nitrogens with one attached hydrogen (secondary N) is 1. The Bertz CT molecular complexity index is 850. The minimum absolute atomic E-state index is 0.259. The van der Waals surface area contributed by atoms with Gasteiger partial charge in [-0.05, 0) is 37.3 Å². The van der Waals surface area contributed by atoms with Crippen LogP contribution >= 0.6 is 0 Å². The molecule has 0 saturated heterocycles. The molecule has 3 rings (SSSR count). The van der Waals surface area contributed by atoms with Crippen LogP contribution in [0.1, 0.15) is 17.3 Å². The Kier molecular flexibility index (Phi) is 5.65. The van der Waals surface area contributed by atoms with E-state index in [0.29, 0.717) is 48.3 Å². The minimum atomic E-state index is -1.10. The van der Waals surface area contributed by atoms with Gasteiger partial charge in [-0.15, -0.1) is 0 Å². The first-order valence-electron chi connectivity index (χ1n) is 8.39. The monoisotopic (exact) mass is 373 g/mol. The van der Waals surface area contributed by atoms with Crippen LogP contribution in [0.3, 0.4) is 0 Å². The highest BCUT2D eigenvalue weighted by Gasteiger charge is 2.15. The number of hydrogen-bond donors (Lipinski definition) is 2. The number of ether oxygens (including phenoxy) is 4. The van der Waals surface area contributed by atoms with Crippen molar-refractivity contribution >= 4 is 17.6 Å². The fourth-order valence-corrected chi connectivity index (χ4v) is 2.50. The minimum Gasteiger partial charge on any atom is -0.490 e. The molecule has 1 aliphatic rings. The molecule has 0 aromatic heterocycles. The molecule has 0 unspecified atom stereocenters. The zero-order valence-electron chi connectivity index (χ0n) is 14.7. The maximum atomic E-state index is 12.5. The third-order valence-electron chi connectivity index (χ3n) is 3.66. The van der Waals surface area contributed by atoms with Gasteiger partial charge >= 0.3 is 5.97 Å². The molecule has 1 heterocycles. The van der Waals surface area contributed by atoms with Crippen molar-refractivity contribution in [2.45, 2.75) is 6.92 Å². The van der Waals surface area contributed by atoms with Crippen molar-refractivity contribution in [2.24, 2.45) is 0 Å². The van der Waals surface area contributed by atoms with Crippen molar-refractivity contribution in [1.29, 1.82) is 0 Å². The summed E-state index contributed by atoms with van der Waals surface area (Å²) in [5, 5.41) is 11.5. The molecule has 8 heteroatoms. The highest BCUT2D eigenvalue weighted by Crippen LogP contribution is 2.33. The molecule has 27 heavy (non-hydrogen) atoms. The van der Waals surface area contributed by atoms with Gasteiger partial charge in [0, 0.05) is 17.3 Å². The van der Waals surface area contributed by atoms with E-state index in [1.54, 1.807) is 25.1 Å². The van der Waals surface area contributed by atoms with Gasteiger partial charge < -0.3 is 29.4 Å². The Hall–Kier alpha value is -3.42. The predicted molar refractivity (Wildman–Crippen MR) is 96.1 cm³/mol. The first-order valence-corrected chi connectivity index (χ1v) is 8.39. The van der Waals surface area contributed by atoms with Crippen LogP contribution in [-0.2, 0) is 4.79 Å². The number of aliphatic carboxylic acids is 1. The fraction of sp³-hybridized carbons (Fsp3) is 0.263. The van der Waals surface area contributed by atoms with E-state index in [1.807, 2.05) is 0 Å². The summed E-state index contributed by atoms with van der Waals surface area (Å²) < 4.78 is 21.6. The van der Waals surface area contributed by atoms with Gasteiger partial charge in [-0.25, -0.2) is 4.79 Å². The number of carboxylic acid groups (broad SMARTS) is 1. The third-order valence-corrected chi connectivity index (χ3v) is 3.66. The van der Waals surface area contributed by atoms with Crippen LogP contribution in [0, 0.1) is 0 Å². The first kappa shape index (κ1) is 18.4. The van der Waals surface area contributed by atoms with Crippen molar-refractivity contribution in [3.63, 3.8) is 0 Å². The number of amides is 1. The number of rotatable bonds is 7. The second-order valence-corrected chi connectivity index (χ2v) is 5.59. The SMILES string of the molecule is CCOc1cc(C(=O)Nc2ccc3c(c2)OCCO3)ccc1OCC(=O)O. The molecule has 142 valence electrons. The molecule has 0 aliphatic carbocycles. The lowest BCUT2D eigenvalue weighted by Crippen LogP contribution is -2.16. The third kappa shape index (κ3) is 4.60. The molecule has 0 atom stereocenters. The maximum Gasteiger partial charge on any atom is 0.341 e. The largest absolute Gasteiger partial charge is 0.490 e. The smallest absolute Gasteiger partial charge is 0.341 e. The van der Waals surface area contributed by atoms with Crippen molar-refractivity contribution in [3.8, 4) is 23.0 Å². The molecule has 0 bridgehead atoms. The number of hydrogen-bond acceptors (Lipinski definition) is 6. The Morgan fingerprint density at radius 2 is 1.81 bits per heavy atom. The highest BCUT2D eigenvalue weighted by molar-refractivity contribution is 6.04. The molecule has 8 nitrogen and oxygen atoms in total. The van der Waals surface area contributed by atoms with Gasteiger partial charge in [0.1, 0.15) is 13.2 Å². The van der Waals surface area contributed by atoms with Crippen LogP contribution in [0.5, 0.6) is 23.0 Å². The molecule has 2 N–H and O–H groups in total. The Morgan fingerprint density at radius 3 is 2.56 bits per heavy atom. The zero-order valence-corrected chi connectivity index (χ0v) is 14.7. The molecule has 2 aromatic carbocycles. The lowest BCUT2D eigenvalue weighted by molar-refractivity contribution is -0.139. The van der Waals surface area contributed by atoms with E-state index in [2.05, 4.69) is 5.32 Å². The summed E-state index contributed by atoms with van der Waals surface area (Å²) in [5.41, 5.74) is 0.907. The molecule has 1 amide bonds. The average Bonchev–Trinajstić information content (AvgIpc) is 2.67. The molecular formula is C19H19NO7. The summed E-state index contributed by atoms with van der Waals surface area (Å²) in [6, 6.07) is 9.70. The summed E-state index contributed by atoms with van der Waals surface area (Å²) in [7, 11) is 0. The number of carbonyl (C=O) groups excluding carboxylic acids is 1. The van der Waals surface area contributed by atoms with Gasteiger partial charge in [0.05, 0.1) is 6.61 Å². The Balaban J connectivity index is 1.75. The second-order valence-electron chi connectivity index (χ2n) is 5.59. The lowest BCUT2D eigenvalue weighted by atomic mass is 10.1. The van der Waals surface area contributed by atoms with Crippen LogP contribution in [0.2, 0.25) is 0 Å². The van der Waals surface area contributed by atoms with Crippen molar-refractivity contribution in [2.75, 3.05) is 31.7 Å². The van der Waals surface area contributed by atoms with Gasteiger partial charge in [-0.2, -0.15) is 0 Å². The number of anilines is 1. The van der Waals surface area contributed by atoms with Gasteiger partial charge in [0.15, 0.2) is 29.6 Å².